The lowest BCUT2D eigenvalue weighted by Gasteiger charge is -2.04. The minimum absolute atomic E-state index is 0.230. The van der Waals surface area contributed by atoms with Crippen molar-refractivity contribution in [3.05, 3.63) is 16.6 Å². The second kappa shape index (κ2) is 4.01. The van der Waals surface area contributed by atoms with E-state index in [1.54, 1.807) is 5.51 Å². The molecule has 0 spiro atoms. The molecule has 1 fully saturated rings. The molecule has 0 N–H and O–H groups in total. The average Bonchev–Trinajstić information content (AvgIpc) is 2.74. The van der Waals surface area contributed by atoms with Crippen LogP contribution < -0.4 is 0 Å². The minimum atomic E-state index is 0.230. The Morgan fingerprint density at radius 2 is 2.31 bits per heavy atom. The molecule has 2 rings (SSSR count). The summed E-state index contributed by atoms with van der Waals surface area (Å²) in [4.78, 5) is 15.6. The maximum atomic E-state index is 11.6. The highest BCUT2D eigenvalue weighted by atomic mass is 32.1. The normalized spacial score (nSPS) is 17.8. The summed E-state index contributed by atoms with van der Waals surface area (Å²) in [6.45, 7) is 0. The van der Waals surface area contributed by atoms with Gasteiger partial charge >= 0.3 is 0 Å². The largest absolute Gasteiger partial charge is 0.292 e. The van der Waals surface area contributed by atoms with Gasteiger partial charge in [0.1, 0.15) is 5.69 Å². The summed E-state index contributed by atoms with van der Waals surface area (Å²) in [7, 11) is 0. The van der Waals surface area contributed by atoms with Crippen molar-refractivity contribution < 1.29 is 4.79 Å². The first-order valence-corrected chi connectivity index (χ1v) is 5.72. The van der Waals surface area contributed by atoms with Crippen LogP contribution in [0.5, 0.6) is 0 Å². The lowest BCUT2D eigenvalue weighted by molar-refractivity contribution is 0.0958. The molecule has 1 aromatic rings. The molecule has 1 aliphatic carbocycles. The smallest absolute Gasteiger partial charge is 0.182 e. The topological polar surface area (TPSA) is 30.0 Å². The number of nitrogens with zero attached hydrogens (tertiary/aromatic N) is 1. The summed E-state index contributed by atoms with van der Waals surface area (Å²) < 4.78 is 0. The Labute approximate surface area is 82.0 Å². The van der Waals surface area contributed by atoms with Gasteiger partial charge in [0.25, 0.3) is 0 Å². The summed E-state index contributed by atoms with van der Waals surface area (Å²) >= 11 is 1.49. The Morgan fingerprint density at radius 1 is 1.54 bits per heavy atom. The third-order valence-electron chi connectivity index (χ3n) is 2.67. The van der Waals surface area contributed by atoms with Crippen molar-refractivity contribution in [2.45, 2.75) is 32.1 Å². The van der Waals surface area contributed by atoms with Gasteiger partial charge in [-0.05, 0) is 5.92 Å². The second-order valence-corrected chi connectivity index (χ2v) is 4.37. The van der Waals surface area contributed by atoms with Crippen LogP contribution in [0.15, 0.2) is 10.9 Å². The van der Waals surface area contributed by atoms with Crippen LogP contribution in [0, 0.1) is 5.92 Å². The molecule has 70 valence electrons. The maximum Gasteiger partial charge on any atom is 0.182 e. The summed E-state index contributed by atoms with van der Waals surface area (Å²) in [5.41, 5.74) is 2.39. The van der Waals surface area contributed by atoms with Gasteiger partial charge < -0.3 is 0 Å². The van der Waals surface area contributed by atoms with E-state index >= 15 is 0 Å². The predicted molar refractivity (Wildman–Crippen MR) is 53.0 cm³/mol. The van der Waals surface area contributed by atoms with Gasteiger partial charge in [-0.25, -0.2) is 4.98 Å². The first-order chi connectivity index (χ1) is 6.36. The summed E-state index contributed by atoms with van der Waals surface area (Å²) in [6.07, 6.45) is 5.78. The number of carbonyl (C=O) groups is 1. The fourth-order valence-electron chi connectivity index (χ4n) is 1.93. The number of Topliss-reactive ketones (excluding diaryl/α,β-unsaturated/α-hetero) is 1. The fraction of sp³-hybridized carbons (Fsp3) is 0.600. The van der Waals surface area contributed by atoms with Crippen LogP contribution in [0.3, 0.4) is 0 Å². The van der Waals surface area contributed by atoms with E-state index in [9.17, 15) is 4.79 Å². The standard InChI is InChI=1S/C10H13NOS/c12-10(9-6-13-7-11-9)5-8-3-1-2-4-8/h6-8H,1-5H2. The van der Waals surface area contributed by atoms with Crippen LogP contribution in [-0.4, -0.2) is 10.8 Å². The molecule has 0 aliphatic heterocycles. The maximum absolute atomic E-state index is 11.6. The lowest BCUT2D eigenvalue weighted by Crippen LogP contribution is -2.05. The van der Waals surface area contributed by atoms with E-state index in [0.717, 1.165) is 0 Å². The minimum Gasteiger partial charge on any atom is -0.292 e. The van der Waals surface area contributed by atoms with Crippen molar-refractivity contribution in [1.29, 1.82) is 0 Å². The van der Waals surface area contributed by atoms with Crippen LogP contribution in [0.1, 0.15) is 42.6 Å². The zero-order chi connectivity index (χ0) is 9.10. The van der Waals surface area contributed by atoms with Crippen LogP contribution in [0.2, 0.25) is 0 Å². The monoisotopic (exact) mass is 195 g/mol. The summed E-state index contributed by atoms with van der Waals surface area (Å²) in [5.74, 6) is 0.863. The first-order valence-electron chi connectivity index (χ1n) is 4.77. The molecular formula is C10H13NOS. The summed E-state index contributed by atoms with van der Waals surface area (Å²) in [6, 6.07) is 0. The quantitative estimate of drug-likeness (QED) is 0.694. The molecule has 13 heavy (non-hydrogen) atoms. The van der Waals surface area contributed by atoms with E-state index in [1.807, 2.05) is 5.38 Å². The van der Waals surface area contributed by atoms with Gasteiger partial charge in [-0.15, -0.1) is 11.3 Å². The van der Waals surface area contributed by atoms with Gasteiger partial charge in [0.05, 0.1) is 5.51 Å². The Balaban J connectivity index is 1.91. The Morgan fingerprint density at radius 3 is 2.92 bits per heavy atom. The number of aromatic nitrogens is 1. The molecule has 0 aromatic carbocycles. The SMILES string of the molecule is O=C(CC1CCCC1)c1cscn1. The van der Waals surface area contributed by atoms with Crippen molar-refractivity contribution in [2.24, 2.45) is 5.92 Å². The van der Waals surface area contributed by atoms with E-state index in [1.165, 1.54) is 37.0 Å². The van der Waals surface area contributed by atoms with Crippen LogP contribution in [0.25, 0.3) is 0 Å². The van der Waals surface area contributed by atoms with Crippen LogP contribution in [0.4, 0.5) is 0 Å². The molecule has 1 heterocycles. The first kappa shape index (κ1) is 8.88. The molecule has 0 radical (unpaired) electrons. The molecule has 1 aliphatic rings. The van der Waals surface area contributed by atoms with Gasteiger partial charge in [-0.2, -0.15) is 0 Å². The molecule has 0 saturated heterocycles. The highest BCUT2D eigenvalue weighted by Gasteiger charge is 2.19. The van der Waals surface area contributed by atoms with Gasteiger partial charge in [0, 0.05) is 11.8 Å². The molecule has 0 bridgehead atoms. The van der Waals surface area contributed by atoms with Gasteiger partial charge in [-0.3, -0.25) is 4.79 Å². The number of ketones is 1. The molecule has 0 atom stereocenters. The van der Waals surface area contributed by atoms with E-state index in [2.05, 4.69) is 4.98 Å². The molecular weight excluding hydrogens is 182 g/mol. The molecule has 2 nitrogen and oxygen atoms in total. The van der Waals surface area contributed by atoms with Crippen LogP contribution >= 0.6 is 11.3 Å². The van der Waals surface area contributed by atoms with Gasteiger partial charge in [0.2, 0.25) is 0 Å². The number of hydrogen-bond donors (Lipinski definition) is 0. The third-order valence-corrected chi connectivity index (χ3v) is 3.25. The van der Waals surface area contributed by atoms with E-state index in [0.29, 0.717) is 18.0 Å². The van der Waals surface area contributed by atoms with Crippen molar-refractivity contribution in [2.75, 3.05) is 0 Å². The van der Waals surface area contributed by atoms with Crippen LogP contribution in [-0.2, 0) is 0 Å². The number of rotatable bonds is 3. The zero-order valence-electron chi connectivity index (χ0n) is 7.53. The van der Waals surface area contributed by atoms with Crippen molar-refractivity contribution >= 4 is 17.1 Å². The van der Waals surface area contributed by atoms with E-state index in [-0.39, 0.29) is 5.78 Å². The van der Waals surface area contributed by atoms with Crippen molar-refractivity contribution in [3.63, 3.8) is 0 Å². The zero-order valence-corrected chi connectivity index (χ0v) is 8.35. The Kier molecular flexibility index (Phi) is 2.74. The fourth-order valence-corrected chi connectivity index (χ4v) is 2.49. The predicted octanol–water partition coefficient (Wildman–Crippen LogP) is 2.91. The Hall–Kier alpha value is -0.700. The van der Waals surface area contributed by atoms with E-state index < -0.39 is 0 Å². The average molecular weight is 195 g/mol. The molecule has 3 heteroatoms. The highest BCUT2D eigenvalue weighted by Crippen LogP contribution is 2.28. The van der Waals surface area contributed by atoms with Gasteiger partial charge in [0.15, 0.2) is 5.78 Å². The molecule has 1 saturated carbocycles. The number of carbonyl (C=O) groups excluding carboxylic acids is 1. The number of hydrogen-bond acceptors (Lipinski definition) is 3. The summed E-state index contributed by atoms with van der Waals surface area (Å²) in [5, 5.41) is 1.84. The van der Waals surface area contributed by atoms with Gasteiger partial charge in [-0.1, -0.05) is 25.7 Å². The molecule has 0 amide bonds. The van der Waals surface area contributed by atoms with Crippen molar-refractivity contribution in [1.82, 2.24) is 4.98 Å². The molecule has 0 unspecified atom stereocenters. The lowest BCUT2D eigenvalue weighted by atomic mass is 10.0. The second-order valence-electron chi connectivity index (χ2n) is 3.65. The Bertz CT molecular complexity index is 275. The highest BCUT2D eigenvalue weighted by molar-refractivity contribution is 7.07. The number of thiazole rings is 1. The third kappa shape index (κ3) is 2.15. The van der Waals surface area contributed by atoms with E-state index in [4.69, 9.17) is 0 Å². The van der Waals surface area contributed by atoms with Crippen molar-refractivity contribution in [3.8, 4) is 0 Å². The molecule has 1 aromatic heterocycles.